The van der Waals surface area contributed by atoms with E-state index in [0.29, 0.717) is 18.1 Å². The fourth-order valence-corrected chi connectivity index (χ4v) is 2.22. The average molecular weight is 232 g/mol. The van der Waals surface area contributed by atoms with Gasteiger partial charge in [-0.2, -0.15) is 0 Å². The van der Waals surface area contributed by atoms with Gasteiger partial charge in [0.1, 0.15) is 17.6 Å². The van der Waals surface area contributed by atoms with Gasteiger partial charge >= 0.3 is 0 Å². The van der Waals surface area contributed by atoms with Gasteiger partial charge in [0, 0.05) is 12.8 Å². The van der Waals surface area contributed by atoms with Crippen molar-refractivity contribution in [1.82, 2.24) is 0 Å². The third-order valence-electron chi connectivity index (χ3n) is 3.26. The van der Waals surface area contributed by atoms with Crippen molar-refractivity contribution in [3.8, 4) is 5.75 Å². The zero-order valence-electron chi connectivity index (χ0n) is 10.6. The minimum absolute atomic E-state index is 0.0821. The van der Waals surface area contributed by atoms with Gasteiger partial charge in [0.15, 0.2) is 0 Å². The van der Waals surface area contributed by atoms with Crippen LogP contribution in [0.25, 0.3) is 0 Å². The molecule has 2 rings (SSSR count). The lowest BCUT2D eigenvalue weighted by Crippen LogP contribution is -2.25. The molecule has 1 unspecified atom stereocenters. The van der Waals surface area contributed by atoms with Crippen LogP contribution < -0.4 is 4.74 Å². The lowest BCUT2D eigenvalue weighted by molar-refractivity contribution is -0.122. The van der Waals surface area contributed by atoms with Gasteiger partial charge in [-0.05, 0) is 36.5 Å². The van der Waals surface area contributed by atoms with Crippen LogP contribution in [0.15, 0.2) is 24.3 Å². The van der Waals surface area contributed by atoms with Gasteiger partial charge in [0.2, 0.25) is 0 Å². The second-order valence-corrected chi connectivity index (χ2v) is 5.10. The minimum atomic E-state index is 0.0821. The van der Waals surface area contributed by atoms with Gasteiger partial charge in [-0.1, -0.05) is 26.0 Å². The second-order valence-electron chi connectivity index (χ2n) is 5.10. The summed E-state index contributed by atoms with van der Waals surface area (Å²) >= 11 is 0. The van der Waals surface area contributed by atoms with Crippen LogP contribution in [0.3, 0.4) is 0 Å². The molecule has 0 spiro atoms. The zero-order valence-corrected chi connectivity index (χ0v) is 10.6. The Morgan fingerprint density at radius 3 is 2.88 bits per heavy atom. The van der Waals surface area contributed by atoms with Crippen LogP contribution in [-0.2, 0) is 4.79 Å². The van der Waals surface area contributed by atoms with Crippen molar-refractivity contribution in [3.05, 3.63) is 29.8 Å². The zero-order chi connectivity index (χ0) is 12.3. The van der Waals surface area contributed by atoms with Crippen molar-refractivity contribution < 1.29 is 9.53 Å². The van der Waals surface area contributed by atoms with Gasteiger partial charge < -0.3 is 4.74 Å². The Morgan fingerprint density at radius 2 is 2.18 bits per heavy atom. The molecule has 1 aromatic carbocycles. The van der Waals surface area contributed by atoms with Crippen LogP contribution in [0.5, 0.6) is 5.75 Å². The van der Waals surface area contributed by atoms with E-state index in [4.69, 9.17) is 4.74 Å². The predicted molar refractivity (Wildman–Crippen MR) is 68.4 cm³/mol. The predicted octanol–water partition coefficient (Wildman–Crippen LogP) is 3.70. The van der Waals surface area contributed by atoms with Crippen LogP contribution in [0.4, 0.5) is 0 Å². The first-order valence-corrected chi connectivity index (χ1v) is 6.43. The molecule has 0 bridgehead atoms. The van der Waals surface area contributed by atoms with Crippen LogP contribution >= 0.6 is 0 Å². The summed E-state index contributed by atoms with van der Waals surface area (Å²) in [5, 5.41) is 0. The van der Waals surface area contributed by atoms with Crippen molar-refractivity contribution in [1.29, 1.82) is 0 Å². The Kier molecular flexibility index (Phi) is 3.82. The number of Topliss-reactive ketones (excluding diaryl/α,β-unsaturated/α-hetero) is 1. The SMILES string of the molecule is CC(C)c1cccc(OC2CCCC(=O)C2)c1. The Bertz CT molecular complexity index is 396. The van der Waals surface area contributed by atoms with E-state index in [1.54, 1.807) is 0 Å². The fourth-order valence-electron chi connectivity index (χ4n) is 2.22. The molecule has 0 heterocycles. The Labute approximate surface area is 103 Å². The molecule has 0 amide bonds. The molecule has 1 aliphatic carbocycles. The lowest BCUT2D eigenvalue weighted by Gasteiger charge is -2.22. The average Bonchev–Trinajstić information content (AvgIpc) is 2.29. The highest BCUT2D eigenvalue weighted by atomic mass is 16.5. The number of ketones is 1. The highest BCUT2D eigenvalue weighted by molar-refractivity contribution is 5.79. The quantitative estimate of drug-likeness (QED) is 0.794. The third kappa shape index (κ3) is 3.32. The summed E-state index contributed by atoms with van der Waals surface area (Å²) < 4.78 is 5.90. The molecule has 92 valence electrons. The molecule has 2 nitrogen and oxygen atoms in total. The molecule has 1 atom stereocenters. The van der Waals surface area contributed by atoms with Crippen LogP contribution in [0, 0.1) is 0 Å². The summed E-state index contributed by atoms with van der Waals surface area (Å²) in [4.78, 5) is 11.4. The molecule has 2 heteroatoms. The monoisotopic (exact) mass is 232 g/mol. The first-order chi connectivity index (χ1) is 8.15. The number of benzene rings is 1. The largest absolute Gasteiger partial charge is 0.490 e. The summed E-state index contributed by atoms with van der Waals surface area (Å²) in [5.41, 5.74) is 1.28. The van der Waals surface area contributed by atoms with Gasteiger partial charge in [-0.15, -0.1) is 0 Å². The standard InChI is InChI=1S/C15H20O2/c1-11(2)12-5-3-7-14(9-12)17-15-8-4-6-13(16)10-15/h3,5,7,9,11,15H,4,6,8,10H2,1-2H3. The molecule has 0 saturated heterocycles. The third-order valence-corrected chi connectivity index (χ3v) is 3.26. The van der Waals surface area contributed by atoms with Crippen LogP contribution in [0.2, 0.25) is 0 Å². The van der Waals surface area contributed by atoms with E-state index < -0.39 is 0 Å². The summed E-state index contributed by atoms with van der Waals surface area (Å²) in [7, 11) is 0. The highest BCUT2D eigenvalue weighted by Gasteiger charge is 2.20. The number of rotatable bonds is 3. The molecule has 0 aliphatic heterocycles. The maximum Gasteiger partial charge on any atom is 0.136 e. The van der Waals surface area contributed by atoms with E-state index in [9.17, 15) is 4.79 Å². The van der Waals surface area contributed by atoms with E-state index in [2.05, 4.69) is 26.0 Å². The van der Waals surface area contributed by atoms with Crippen molar-refractivity contribution >= 4 is 5.78 Å². The molecule has 1 aliphatic rings. The molecule has 1 fully saturated rings. The summed E-state index contributed by atoms with van der Waals surface area (Å²) in [6.07, 6.45) is 3.35. The molecule has 17 heavy (non-hydrogen) atoms. The molecular weight excluding hydrogens is 212 g/mol. The Hall–Kier alpha value is -1.31. The maximum atomic E-state index is 11.4. The number of ether oxygens (including phenoxy) is 1. The van der Waals surface area contributed by atoms with E-state index in [1.807, 2.05) is 12.1 Å². The molecule has 1 saturated carbocycles. The topological polar surface area (TPSA) is 26.3 Å². The number of hydrogen-bond donors (Lipinski definition) is 0. The van der Waals surface area contributed by atoms with E-state index >= 15 is 0 Å². The molecule has 1 aromatic rings. The van der Waals surface area contributed by atoms with Crippen molar-refractivity contribution in [2.45, 2.75) is 51.6 Å². The van der Waals surface area contributed by atoms with Crippen LogP contribution in [0.1, 0.15) is 51.0 Å². The van der Waals surface area contributed by atoms with Crippen LogP contribution in [-0.4, -0.2) is 11.9 Å². The highest BCUT2D eigenvalue weighted by Crippen LogP contribution is 2.24. The van der Waals surface area contributed by atoms with Gasteiger partial charge in [0.25, 0.3) is 0 Å². The summed E-state index contributed by atoms with van der Waals surface area (Å²) in [6.45, 7) is 4.34. The summed E-state index contributed by atoms with van der Waals surface area (Å²) in [6, 6.07) is 8.20. The molecule has 0 aromatic heterocycles. The van der Waals surface area contributed by atoms with E-state index in [1.165, 1.54) is 5.56 Å². The Morgan fingerprint density at radius 1 is 1.35 bits per heavy atom. The van der Waals surface area contributed by atoms with Crippen molar-refractivity contribution in [2.75, 3.05) is 0 Å². The summed E-state index contributed by atoms with van der Waals surface area (Å²) in [5.74, 6) is 1.74. The number of carbonyl (C=O) groups is 1. The number of carbonyl (C=O) groups excluding carboxylic acids is 1. The van der Waals surface area contributed by atoms with E-state index in [-0.39, 0.29) is 6.10 Å². The molecule has 0 N–H and O–H groups in total. The van der Waals surface area contributed by atoms with Gasteiger partial charge in [0.05, 0.1) is 0 Å². The van der Waals surface area contributed by atoms with Crippen molar-refractivity contribution in [2.24, 2.45) is 0 Å². The maximum absolute atomic E-state index is 11.4. The van der Waals surface area contributed by atoms with Gasteiger partial charge in [-0.3, -0.25) is 4.79 Å². The lowest BCUT2D eigenvalue weighted by atomic mass is 9.96. The first kappa shape index (κ1) is 12.2. The normalized spacial score (nSPS) is 20.6. The smallest absolute Gasteiger partial charge is 0.136 e. The Balaban J connectivity index is 2.02. The first-order valence-electron chi connectivity index (χ1n) is 6.43. The molecule has 0 radical (unpaired) electrons. The van der Waals surface area contributed by atoms with E-state index in [0.717, 1.165) is 25.0 Å². The second kappa shape index (κ2) is 5.35. The molecular formula is C15H20O2. The fraction of sp³-hybridized carbons (Fsp3) is 0.533. The van der Waals surface area contributed by atoms with Crippen molar-refractivity contribution in [3.63, 3.8) is 0 Å². The van der Waals surface area contributed by atoms with Gasteiger partial charge in [-0.25, -0.2) is 0 Å². The minimum Gasteiger partial charge on any atom is -0.490 e. The number of hydrogen-bond acceptors (Lipinski definition) is 2.